The summed E-state index contributed by atoms with van der Waals surface area (Å²) in [5.74, 6) is 1.17. The molecule has 0 amide bonds. The van der Waals surface area contributed by atoms with Crippen LogP contribution in [0.1, 0.15) is 39.5 Å². The predicted octanol–water partition coefficient (Wildman–Crippen LogP) is 6.80. The van der Waals surface area contributed by atoms with Crippen molar-refractivity contribution in [3.63, 3.8) is 0 Å². The molecular weight excluding hydrogens is 440 g/mol. The van der Waals surface area contributed by atoms with Crippen LogP contribution in [0.4, 0.5) is 11.4 Å². The van der Waals surface area contributed by atoms with Crippen LogP contribution >= 0.6 is 24.0 Å². The molecular formula is C21H29MoN2S2. The molecule has 0 radical (unpaired) electrons. The fraction of sp³-hybridized carbons (Fsp3) is 0.381. The molecule has 2 nitrogen and oxygen atoms in total. The number of hydrogen-bond donors (Lipinski definition) is 1. The van der Waals surface area contributed by atoms with E-state index in [1.54, 1.807) is 0 Å². The van der Waals surface area contributed by atoms with Crippen LogP contribution in [0.15, 0.2) is 60.7 Å². The average Bonchev–Trinajstić information content (AvgIpc) is 2.68. The molecule has 0 heterocycles. The summed E-state index contributed by atoms with van der Waals surface area (Å²) in [5, 5.41) is 3.30. The van der Waals surface area contributed by atoms with Crippen LogP contribution in [-0.4, -0.2) is 20.1 Å². The van der Waals surface area contributed by atoms with Gasteiger partial charge in [0, 0.05) is 11.4 Å². The van der Waals surface area contributed by atoms with Crippen LogP contribution < -0.4 is 5.32 Å². The third-order valence-electron chi connectivity index (χ3n) is 3.48. The molecule has 1 N–H and O–H groups in total. The van der Waals surface area contributed by atoms with E-state index in [1.165, 1.54) is 31.4 Å². The summed E-state index contributed by atoms with van der Waals surface area (Å²) in [6.45, 7) is 5.53. The van der Waals surface area contributed by atoms with Crippen LogP contribution in [0, 0.1) is 0 Å². The summed E-state index contributed by atoms with van der Waals surface area (Å²) < 4.78 is 3.27. The van der Waals surface area contributed by atoms with Gasteiger partial charge >= 0.3 is 104 Å². The Balaban J connectivity index is 0.000000260. The van der Waals surface area contributed by atoms with Crippen LogP contribution in [0.5, 0.6) is 0 Å². The Bertz CT molecular complexity index is 556. The van der Waals surface area contributed by atoms with Crippen LogP contribution in [0.3, 0.4) is 0 Å². The van der Waals surface area contributed by atoms with Gasteiger partial charge in [0.05, 0.1) is 0 Å². The first kappa shape index (κ1) is 23.2. The summed E-state index contributed by atoms with van der Waals surface area (Å²) in [7, 11) is 0. The van der Waals surface area contributed by atoms with Gasteiger partial charge in [0.15, 0.2) is 0 Å². The standard InChI is InChI=1S/C12H11N.C9H19NS2.Mo/c1-3-7-11(8-4-1)13-12-9-5-2-6-10-12;1-3-5-7-10-9(11)12-8-6-4-2;/h1-10,13H;3-8H2,1-2H3,(H,10,11);/q;;+1/p-1. The van der Waals surface area contributed by atoms with Crippen LogP contribution in [-0.2, 0) is 20.1 Å². The zero-order valence-electron chi connectivity index (χ0n) is 15.7. The molecule has 0 unspecified atom stereocenters. The molecule has 0 aliphatic carbocycles. The maximum Gasteiger partial charge on any atom is 0.0384 e. The second-order valence-electron chi connectivity index (χ2n) is 5.78. The zero-order chi connectivity index (χ0) is 19.0. The Labute approximate surface area is 180 Å². The Morgan fingerprint density at radius 3 is 1.88 bits per heavy atom. The minimum atomic E-state index is 1.06. The van der Waals surface area contributed by atoms with Gasteiger partial charge in [0.25, 0.3) is 0 Å². The van der Waals surface area contributed by atoms with Gasteiger partial charge in [-0.05, 0) is 24.3 Å². The van der Waals surface area contributed by atoms with Crippen LogP contribution in [0.2, 0.25) is 0 Å². The van der Waals surface area contributed by atoms with Crippen molar-refractivity contribution in [1.29, 1.82) is 0 Å². The third kappa shape index (κ3) is 11.0. The van der Waals surface area contributed by atoms with Crippen molar-refractivity contribution in [3.8, 4) is 0 Å². The first-order valence-corrected chi connectivity index (χ1v) is 11.4. The number of nitrogens with zero attached hydrogens (tertiary/aromatic N) is 1. The number of unbranched alkanes of at least 4 members (excludes halogenated alkanes) is 2. The first-order valence-electron chi connectivity index (χ1n) is 9.15. The largest absolute Gasteiger partial charge is 0.356 e. The van der Waals surface area contributed by atoms with E-state index in [2.05, 4.69) is 22.6 Å². The number of benzene rings is 2. The number of rotatable bonds is 8. The molecule has 2 aromatic carbocycles. The summed E-state index contributed by atoms with van der Waals surface area (Å²) in [4.78, 5) is 0. The van der Waals surface area contributed by atoms with Crippen molar-refractivity contribution in [2.75, 3.05) is 17.6 Å². The van der Waals surface area contributed by atoms with Gasteiger partial charge in [0.1, 0.15) is 0 Å². The van der Waals surface area contributed by atoms with Gasteiger partial charge in [-0.3, -0.25) is 0 Å². The van der Waals surface area contributed by atoms with E-state index in [1.807, 2.05) is 92.5 Å². The molecule has 0 saturated heterocycles. The monoisotopic (exact) mass is 471 g/mol. The van der Waals surface area contributed by atoms with Crippen molar-refractivity contribution in [1.82, 2.24) is 3.46 Å². The molecule has 2 aromatic rings. The van der Waals surface area contributed by atoms with Crippen molar-refractivity contribution < 1.29 is 20.1 Å². The Kier molecular flexibility index (Phi) is 13.6. The normalized spacial score (nSPS) is 9.77. The van der Waals surface area contributed by atoms with E-state index in [-0.39, 0.29) is 0 Å². The zero-order valence-corrected chi connectivity index (χ0v) is 19.3. The number of thiocarbonyl (C=S) groups is 1. The van der Waals surface area contributed by atoms with E-state index in [0.717, 1.165) is 22.2 Å². The van der Waals surface area contributed by atoms with Crippen molar-refractivity contribution in [3.05, 3.63) is 60.7 Å². The number of anilines is 2. The first-order chi connectivity index (χ1) is 12.7. The van der Waals surface area contributed by atoms with Crippen molar-refractivity contribution in [2.45, 2.75) is 39.5 Å². The number of para-hydroxylation sites is 2. The molecule has 26 heavy (non-hydrogen) atoms. The molecule has 0 aliphatic rings. The third-order valence-corrected chi connectivity index (χ3v) is 6.53. The smallest absolute Gasteiger partial charge is 0.0384 e. The fourth-order valence-corrected chi connectivity index (χ4v) is 3.87. The molecule has 0 aliphatic heterocycles. The molecule has 0 saturated carbocycles. The van der Waals surface area contributed by atoms with E-state index in [4.69, 9.17) is 12.2 Å². The quantitative estimate of drug-likeness (QED) is 0.260. The number of thioether (sulfide) groups is 1. The maximum atomic E-state index is 5.29. The Morgan fingerprint density at radius 1 is 0.923 bits per heavy atom. The number of nitrogens with one attached hydrogen (secondary N) is 1. The molecule has 0 atom stereocenters. The number of hydrogen-bond acceptors (Lipinski definition) is 3. The van der Waals surface area contributed by atoms with Crippen LogP contribution in [0.25, 0.3) is 0 Å². The van der Waals surface area contributed by atoms with Gasteiger partial charge in [-0.1, -0.05) is 36.4 Å². The molecule has 5 heteroatoms. The summed E-state index contributed by atoms with van der Waals surface area (Å²) >= 11 is 9.14. The van der Waals surface area contributed by atoms with Gasteiger partial charge in [-0.2, -0.15) is 0 Å². The minimum absolute atomic E-state index is 1.06. The fourth-order valence-electron chi connectivity index (χ4n) is 1.98. The summed E-state index contributed by atoms with van der Waals surface area (Å²) in [6.07, 6.45) is 5.02. The molecule has 0 aromatic heterocycles. The van der Waals surface area contributed by atoms with E-state index < -0.39 is 0 Å². The van der Waals surface area contributed by atoms with Gasteiger partial charge in [0.2, 0.25) is 0 Å². The minimum Gasteiger partial charge on any atom is -0.356 e. The van der Waals surface area contributed by atoms with Gasteiger partial charge in [-0.15, -0.1) is 0 Å². The summed E-state index contributed by atoms with van der Waals surface area (Å²) in [5.41, 5.74) is 2.24. The van der Waals surface area contributed by atoms with Crippen molar-refractivity contribution >= 4 is 39.7 Å². The van der Waals surface area contributed by atoms with Gasteiger partial charge < -0.3 is 5.32 Å². The molecule has 0 spiro atoms. The Hall–Kier alpha value is -0.832. The molecule has 0 fully saturated rings. The topological polar surface area (TPSA) is 15.3 Å². The molecule has 2 rings (SSSR count). The van der Waals surface area contributed by atoms with Gasteiger partial charge in [-0.25, -0.2) is 0 Å². The second-order valence-corrected chi connectivity index (χ2v) is 8.59. The average molecular weight is 470 g/mol. The summed E-state index contributed by atoms with van der Waals surface area (Å²) in [6, 6.07) is 20.3. The predicted molar refractivity (Wildman–Crippen MR) is 118 cm³/mol. The van der Waals surface area contributed by atoms with E-state index >= 15 is 0 Å². The SMILES string of the molecule is CCCCSC(=S)[N]([Mo])CCCC.c1ccc(Nc2ccccc2)cc1. The Morgan fingerprint density at radius 2 is 1.42 bits per heavy atom. The molecule has 141 valence electrons. The van der Waals surface area contributed by atoms with Crippen molar-refractivity contribution in [2.24, 2.45) is 0 Å². The molecule has 0 bridgehead atoms. The van der Waals surface area contributed by atoms with E-state index in [9.17, 15) is 0 Å². The second kappa shape index (κ2) is 15.2. The van der Waals surface area contributed by atoms with E-state index in [0.29, 0.717) is 0 Å². The maximum absolute atomic E-state index is 5.29.